The maximum atomic E-state index is 10.9. The van der Waals surface area contributed by atoms with Crippen molar-refractivity contribution in [2.45, 2.75) is 13.8 Å². The van der Waals surface area contributed by atoms with Gasteiger partial charge in [0.25, 0.3) is 5.69 Å². The Morgan fingerprint density at radius 3 is 1.94 bits per heavy atom. The molecule has 0 aliphatic heterocycles. The smallest absolute Gasteiger partial charge is 0.258 e. The molecule has 0 atom stereocenters. The van der Waals surface area contributed by atoms with E-state index in [1.165, 1.54) is 17.1 Å². The second-order valence-electron chi connectivity index (χ2n) is 6.80. The maximum absolute atomic E-state index is 10.9. The van der Waals surface area contributed by atoms with Crippen molar-refractivity contribution < 1.29 is 4.92 Å². The van der Waals surface area contributed by atoms with Gasteiger partial charge in [0.05, 0.1) is 4.92 Å². The normalized spacial score (nSPS) is 10.5. The van der Waals surface area contributed by atoms with Gasteiger partial charge in [0.2, 0.25) is 0 Å². The van der Waals surface area contributed by atoms with Crippen molar-refractivity contribution in [3.8, 4) is 22.8 Å². The molecule has 11 heteroatoms. The van der Waals surface area contributed by atoms with Crippen LogP contribution in [0.15, 0.2) is 43.0 Å². The lowest BCUT2D eigenvalue weighted by Gasteiger charge is -2.03. The molecular formula is C20H19Cl2N7O2. The van der Waals surface area contributed by atoms with E-state index in [2.05, 4.69) is 20.2 Å². The molecule has 0 fully saturated rings. The Balaban J connectivity index is 0.000000179. The van der Waals surface area contributed by atoms with Crippen LogP contribution in [0.1, 0.15) is 11.1 Å². The topological polar surface area (TPSA) is 105 Å². The molecule has 0 bridgehead atoms. The molecule has 0 unspecified atom stereocenters. The van der Waals surface area contributed by atoms with Crippen LogP contribution >= 0.6 is 23.2 Å². The first-order chi connectivity index (χ1) is 14.7. The van der Waals surface area contributed by atoms with E-state index < -0.39 is 4.92 Å². The second kappa shape index (κ2) is 9.23. The van der Waals surface area contributed by atoms with E-state index in [0.29, 0.717) is 32.8 Å². The van der Waals surface area contributed by atoms with Gasteiger partial charge >= 0.3 is 0 Å². The minimum atomic E-state index is -0.465. The fourth-order valence-electron chi connectivity index (χ4n) is 2.85. The number of hydrogen-bond donors (Lipinski definition) is 0. The highest BCUT2D eigenvalue weighted by Gasteiger charge is 2.18. The van der Waals surface area contributed by atoms with Gasteiger partial charge in [0.15, 0.2) is 11.6 Å². The molecule has 0 spiro atoms. The van der Waals surface area contributed by atoms with Crippen LogP contribution in [0.25, 0.3) is 22.8 Å². The number of halogens is 2. The monoisotopic (exact) mass is 459 g/mol. The number of aromatic nitrogens is 6. The Bertz CT molecular complexity index is 1250. The molecule has 2 heterocycles. The molecule has 2 aromatic carbocycles. The molecule has 0 aliphatic carbocycles. The Morgan fingerprint density at radius 2 is 1.42 bits per heavy atom. The van der Waals surface area contributed by atoms with Crippen LogP contribution < -0.4 is 0 Å². The average Bonchev–Trinajstić information content (AvgIpc) is 3.34. The summed E-state index contributed by atoms with van der Waals surface area (Å²) >= 11 is 11.8. The highest BCUT2D eigenvalue weighted by Crippen LogP contribution is 2.31. The maximum Gasteiger partial charge on any atom is 0.274 e. The Labute approximate surface area is 188 Å². The van der Waals surface area contributed by atoms with E-state index in [-0.39, 0.29) is 5.69 Å². The summed E-state index contributed by atoms with van der Waals surface area (Å²) in [6.45, 7) is 3.67. The lowest BCUT2D eigenvalue weighted by atomic mass is 10.1. The summed E-state index contributed by atoms with van der Waals surface area (Å²) < 4.78 is 3.21. The quantitative estimate of drug-likeness (QED) is 0.321. The molecule has 0 aliphatic rings. The van der Waals surface area contributed by atoms with Gasteiger partial charge in [-0.05, 0) is 37.6 Å². The first kappa shape index (κ1) is 22.4. The van der Waals surface area contributed by atoms with Gasteiger partial charge in [-0.25, -0.2) is 9.97 Å². The summed E-state index contributed by atoms with van der Waals surface area (Å²) in [6.07, 6.45) is 3.21. The number of nitrogens with zero attached hydrogens (tertiary/aromatic N) is 7. The van der Waals surface area contributed by atoms with Crippen molar-refractivity contribution in [1.29, 1.82) is 0 Å². The average molecular weight is 460 g/mol. The molecule has 0 saturated carbocycles. The zero-order valence-electron chi connectivity index (χ0n) is 17.2. The van der Waals surface area contributed by atoms with Crippen LogP contribution in [0.4, 0.5) is 5.69 Å². The van der Waals surface area contributed by atoms with E-state index in [1.54, 1.807) is 31.0 Å². The molecule has 2 aromatic heterocycles. The number of benzene rings is 2. The number of nitro benzene ring substituents is 1. The molecule has 160 valence electrons. The van der Waals surface area contributed by atoms with Gasteiger partial charge in [-0.15, -0.1) is 0 Å². The summed E-state index contributed by atoms with van der Waals surface area (Å²) in [5, 5.41) is 20.2. The third-order valence-corrected chi connectivity index (χ3v) is 4.88. The standard InChI is InChI=1S/C10H9ClN4O2.C10H10ClN3/c1-6-8(10-12-5-14(2)13-10)3-7(11)4-9(6)15(16)17;1-7-3-4-8(11)5-9(7)10-12-6-14(2)13-10/h3-5H,1-2H3;3-6H,1-2H3. The molecule has 0 amide bonds. The summed E-state index contributed by atoms with van der Waals surface area (Å²) in [6, 6.07) is 8.66. The van der Waals surface area contributed by atoms with Crippen LogP contribution in [0.3, 0.4) is 0 Å². The predicted octanol–water partition coefficient (Wildman–Crippen LogP) is 4.80. The molecule has 9 nitrogen and oxygen atoms in total. The van der Waals surface area contributed by atoms with Crippen LogP contribution in [0.5, 0.6) is 0 Å². The van der Waals surface area contributed by atoms with Crippen molar-refractivity contribution in [3.05, 3.63) is 74.3 Å². The first-order valence-corrected chi connectivity index (χ1v) is 9.84. The van der Waals surface area contributed by atoms with Gasteiger partial charge in [-0.2, -0.15) is 10.2 Å². The number of nitro groups is 1. The first-order valence-electron chi connectivity index (χ1n) is 9.08. The molecule has 4 aromatic rings. The fourth-order valence-corrected chi connectivity index (χ4v) is 3.23. The Hall–Kier alpha value is -3.30. The summed E-state index contributed by atoms with van der Waals surface area (Å²) in [5.41, 5.74) is 3.16. The van der Waals surface area contributed by atoms with Gasteiger partial charge in [-0.3, -0.25) is 19.5 Å². The summed E-state index contributed by atoms with van der Waals surface area (Å²) in [4.78, 5) is 18.6. The number of hydrogen-bond acceptors (Lipinski definition) is 6. The molecule has 0 radical (unpaired) electrons. The number of aryl methyl sites for hydroxylation is 3. The van der Waals surface area contributed by atoms with Gasteiger partial charge in [0.1, 0.15) is 12.7 Å². The molecular weight excluding hydrogens is 441 g/mol. The van der Waals surface area contributed by atoms with E-state index in [9.17, 15) is 10.1 Å². The van der Waals surface area contributed by atoms with Crippen molar-refractivity contribution in [3.63, 3.8) is 0 Å². The van der Waals surface area contributed by atoms with Crippen LogP contribution in [-0.2, 0) is 14.1 Å². The van der Waals surface area contributed by atoms with Crippen molar-refractivity contribution in [2.24, 2.45) is 14.1 Å². The minimum absolute atomic E-state index is 0.0278. The molecule has 31 heavy (non-hydrogen) atoms. The summed E-state index contributed by atoms with van der Waals surface area (Å²) in [7, 11) is 3.57. The van der Waals surface area contributed by atoms with Crippen molar-refractivity contribution >= 4 is 28.9 Å². The van der Waals surface area contributed by atoms with E-state index in [1.807, 2.05) is 32.2 Å². The Morgan fingerprint density at radius 1 is 0.871 bits per heavy atom. The zero-order valence-corrected chi connectivity index (χ0v) is 18.8. The van der Waals surface area contributed by atoms with Crippen LogP contribution in [0, 0.1) is 24.0 Å². The van der Waals surface area contributed by atoms with Crippen LogP contribution in [0.2, 0.25) is 10.0 Å². The minimum Gasteiger partial charge on any atom is -0.258 e. The Kier molecular flexibility index (Phi) is 6.67. The van der Waals surface area contributed by atoms with Gasteiger partial charge in [-0.1, -0.05) is 29.3 Å². The highest BCUT2D eigenvalue weighted by molar-refractivity contribution is 6.31. The van der Waals surface area contributed by atoms with E-state index in [0.717, 1.165) is 11.1 Å². The largest absolute Gasteiger partial charge is 0.274 e. The van der Waals surface area contributed by atoms with Gasteiger partial charge in [0, 0.05) is 46.9 Å². The zero-order chi connectivity index (χ0) is 22.7. The molecule has 0 saturated heterocycles. The lowest BCUT2D eigenvalue weighted by Crippen LogP contribution is -1.96. The van der Waals surface area contributed by atoms with Crippen molar-refractivity contribution in [2.75, 3.05) is 0 Å². The third kappa shape index (κ3) is 5.25. The van der Waals surface area contributed by atoms with Crippen LogP contribution in [-0.4, -0.2) is 34.5 Å². The lowest BCUT2D eigenvalue weighted by molar-refractivity contribution is -0.385. The fraction of sp³-hybridized carbons (Fsp3) is 0.200. The third-order valence-electron chi connectivity index (χ3n) is 4.42. The van der Waals surface area contributed by atoms with E-state index >= 15 is 0 Å². The molecule has 4 rings (SSSR count). The van der Waals surface area contributed by atoms with Crippen molar-refractivity contribution in [1.82, 2.24) is 29.5 Å². The van der Waals surface area contributed by atoms with E-state index in [4.69, 9.17) is 23.2 Å². The SMILES string of the molecule is Cc1c(-c2ncn(C)n2)cc(Cl)cc1[N+](=O)[O-].Cc1ccc(Cl)cc1-c1ncn(C)n1. The summed E-state index contributed by atoms with van der Waals surface area (Å²) in [5.74, 6) is 1.14. The predicted molar refractivity (Wildman–Crippen MR) is 119 cm³/mol. The van der Waals surface area contributed by atoms with Gasteiger partial charge < -0.3 is 0 Å². The highest BCUT2D eigenvalue weighted by atomic mass is 35.5. The number of rotatable bonds is 3. The second-order valence-corrected chi connectivity index (χ2v) is 7.67. The molecule has 0 N–H and O–H groups in total.